The fourth-order valence-electron chi connectivity index (χ4n) is 1.84. The number of aromatic nitrogens is 2. The fraction of sp³-hybridized carbons (Fsp3) is 0.286. The number of anilines is 1. The molecule has 0 aliphatic carbocycles. The molecular weight excluding hydrogens is 242 g/mol. The zero-order valence-electron chi connectivity index (χ0n) is 10.8. The first-order valence-electron chi connectivity index (χ1n) is 6.22. The van der Waals surface area contributed by atoms with Crippen LogP contribution in [-0.4, -0.2) is 14.7 Å². The van der Waals surface area contributed by atoms with Crippen molar-refractivity contribution in [3.8, 4) is 0 Å². The Hall–Kier alpha value is -2.14. The Labute approximate surface area is 111 Å². The van der Waals surface area contributed by atoms with Gasteiger partial charge in [0.1, 0.15) is 0 Å². The molecule has 0 atom stereocenters. The lowest BCUT2D eigenvalue weighted by atomic mass is 10.1. The minimum atomic E-state index is -0.122. The van der Waals surface area contributed by atoms with Crippen LogP contribution in [0.15, 0.2) is 41.5 Å². The molecule has 0 amide bonds. The molecule has 2 N–H and O–H groups in total. The van der Waals surface area contributed by atoms with Crippen molar-refractivity contribution >= 4 is 5.82 Å². The molecule has 1 aromatic carbocycles. The third-order valence-electron chi connectivity index (χ3n) is 2.89. The number of rotatable bonds is 5. The van der Waals surface area contributed by atoms with E-state index in [2.05, 4.69) is 10.3 Å². The molecule has 0 bridgehead atoms. The second kappa shape index (κ2) is 6.15. The highest BCUT2D eigenvalue weighted by Gasteiger charge is 2.03. The van der Waals surface area contributed by atoms with Crippen molar-refractivity contribution in [1.82, 2.24) is 9.55 Å². The van der Waals surface area contributed by atoms with Crippen molar-refractivity contribution in [3.05, 3.63) is 58.1 Å². The Morgan fingerprint density at radius 1 is 1.37 bits per heavy atom. The summed E-state index contributed by atoms with van der Waals surface area (Å²) in [5, 5.41) is 12.1. The normalized spacial score (nSPS) is 10.4. The first kappa shape index (κ1) is 13.3. The molecule has 5 nitrogen and oxygen atoms in total. The lowest BCUT2D eigenvalue weighted by Crippen LogP contribution is -2.23. The molecule has 0 saturated heterocycles. The number of nitrogens with zero attached hydrogens (tertiary/aromatic N) is 2. The number of nitrogens with one attached hydrogen (secondary N) is 1. The molecule has 100 valence electrons. The Morgan fingerprint density at radius 2 is 2.16 bits per heavy atom. The highest BCUT2D eigenvalue weighted by Crippen LogP contribution is 2.06. The number of aliphatic hydroxyl groups excluding tert-OH is 1. The lowest BCUT2D eigenvalue weighted by molar-refractivity contribution is 0.281. The molecule has 1 aromatic heterocycles. The fourth-order valence-corrected chi connectivity index (χ4v) is 1.84. The Morgan fingerprint density at radius 3 is 2.89 bits per heavy atom. The van der Waals surface area contributed by atoms with Gasteiger partial charge in [-0.05, 0) is 18.1 Å². The van der Waals surface area contributed by atoms with E-state index in [1.54, 1.807) is 17.0 Å². The topological polar surface area (TPSA) is 67.2 Å². The van der Waals surface area contributed by atoms with Gasteiger partial charge >= 0.3 is 0 Å². The second-order valence-corrected chi connectivity index (χ2v) is 4.20. The molecule has 0 aliphatic rings. The SMILES string of the molecule is CCn1ccnc(NCc2cccc(CO)c2)c1=O. The Balaban J connectivity index is 2.12. The van der Waals surface area contributed by atoms with E-state index >= 15 is 0 Å². The van der Waals surface area contributed by atoms with Crippen LogP contribution < -0.4 is 10.9 Å². The van der Waals surface area contributed by atoms with Crippen molar-refractivity contribution in [1.29, 1.82) is 0 Å². The summed E-state index contributed by atoms with van der Waals surface area (Å²) in [5.41, 5.74) is 1.73. The summed E-state index contributed by atoms with van der Waals surface area (Å²) in [6, 6.07) is 7.57. The number of benzene rings is 1. The van der Waals surface area contributed by atoms with E-state index in [-0.39, 0.29) is 12.2 Å². The zero-order chi connectivity index (χ0) is 13.7. The van der Waals surface area contributed by atoms with Gasteiger partial charge < -0.3 is 15.0 Å². The smallest absolute Gasteiger partial charge is 0.293 e. The molecule has 0 spiro atoms. The highest BCUT2D eigenvalue weighted by molar-refractivity contribution is 5.33. The van der Waals surface area contributed by atoms with Crippen molar-refractivity contribution in [2.24, 2.45) is 0 Å². The van der Waals surface area contributed by atoms with E-state index in [1.165, 1.54) is 0 Å². The summed E-state index contributed by atoms with van der Waals surface area (Å²) in [4.78, 5) is 16.0. The summed E-state index contributed by atoms with van der Waals surface area (Å²) < 4.78 is 1.60. The van der Waals surface area contributed by atoms with Gasteiger partial charge in [-0.15, -0.1) is 0 Å². The summed E-state index contributed by atoms with van der Waals surface area (Å²) in [5.74, 6) is 0.346. The van der Waals surface area contributed by atoms with Gasteiger partial charge in [-0.1, -0.05) is 24.3 Å². The maximum absolute atomic E-state index is 11.9. The molecule has 2 rings (SSSR count). The average Bonchev–Trinajstić information content (AvgIpc) is 2.46. The molecule has 0 unspecified atom stereocenters. The van der Waals surface area contributed by atoms with Gasteiger partial charge in [-0.2, -0.15) is 0 Å². The van der Waals surface area contributed by atoms with Gasteiger partial charge in [0.2, 0.25) is 0 Å². The largest absolute Gasteiger partial charge is 0.392 e. The van der Waals surface area contributed by atoms with Crippen LogP contribution in [0.2, 0.25) is 0 Å². The van der Waals surface area contributed by atoms with E-state index in [9.17, 15) is 4.79 Å². The number of hydrogen-bond acceptors (Lipinski definition) is 4. The molecule has 19 heavy (non-hydrogen) atoms. The molecule has 2 aromatic rings. The first-order chi connectivity index (χ1) is 9.24. The Bertz CT molecular complexity index is 608. The molecule has 0 aliphatic heterocycles. The molecule has 0 radical (unpaired) electrons. The summed E-state index contributed by atoms with van der Waals surface area (Å²) in [6.45, 7) is 3.05. The van der Waals surface area contributed by atoms with Crippen LogP contribution in [0.1, 0.15) is 18.1 Å². The van der Waals surface area contributed by atoms with Crippen molar-refractivity contribution in [3.63, 3.8) is 0 Å². The first-order valence-corrected chi connectivity index (χ1v) is 6.22. The molecule has 5 heteroatoms. The van der Waals surface area contributed by atoms with Crippen LogP contribution >= 0.6 is 0 Å². The second-order valence-electron chi connectivity index (χ2n) is 4.20. The van der Waals surface area contributed by atoms with Crippen LogP contribution in [0.5, 0.6) is 0 Å². The summed E-state index contributed by atoms with van der Waals surface area (Å²) in [6.07, 6.45) is 3.28. The van der Waals surface area contributed by atoms with Crippen LogP contribution in [0, 0.1) is 0 Å². The third kappa shape index (κ3) is 3.20. The minimum absolute atomic E-state index is 0.0140. The van der Waals surface area contributed by atoms with Crippen LogP contribution in [0.25, 0.3) is 0 Å². The summed E-state index contributed by atoms with van der Waals surface area (Å²) in [7, 11) is 0. The zero-order valence-corrected chi connectivity index (χ0v) is 10.8. The molecule has 0 saturated carbocycles. The van der Waals surface area contributed by atoms with E-state index < -0.39 is 0 Å². The van der Waals surface area contributed by atoms with E-state index in [0.717, 1.165) is 11.1 Å². The van der Waals surface area contributed by atoms with Gasteiger partial charge in [-0.3, -0.25) is 4.79 Å². The van der Waals surface area contributed by atoms with E-state index in [4.69, 9.17) is 5.11 Å². The molecular formula is C14H17N3O2. The maximum atomic E-state index is 11.9. The van der Waals surface area contributed by atoms with Crippen molar-refractivity contribution in [2.75, 3.05) is 5.32 Å². The number of aliphatic hydroxyl groups is 1. The van der Waals surface area contributed by atoms with Gasteiger partial charge in [0.25, 0.3) is 5.56 Å². The number of aryl methyl sites for hydroxylation is 1. The lowest BCUT2D eigenvalue weighted by Gasteiger charge is -2.08. The quantitative estimate of drug-likeness (QED) is 0.851. The summed E-state index contributed by atoms with van der Waals surface area (Å²) >= 11 is 0. The van der Waals surface area contributed by atoms with Crippen molar-refractivity contribution in [2.45, 2.75) is 26.6 Å². The van der Waals surface area contributed by atoms with Crippen LogP contribution in [-0.2, 0) is 19.7 Å². The van der Waals surface area contributed by atoms with Crippen molar-refractivity contribution < 1.29 is 5.11 Å². The van der Waals surface area contributed by atoms with E-state index in [0.29, 0.717) is 18.9 Å². The molecule has 0 fully saturated rings. The predicted octanol–water partition coefficient (Wildman–Crippen LogP) is 1.37. The standard InChI is InChI=1S/C14H17N3O2/c1-2-17-7-6-15-13(14(17)19)16-9-11-4-3-5-12(8-11)10-18/h3-8,18H,2,9-10H2,1H3,(H,15,16). The average molecular weight is 259 g/mol. The maximum Gasteiger partial charge on any atom is 0.293 e. The minimum Gasteiger partial charge on any atom is -0.392 e. The monoisotopic (exact) mass is 259 g/mol. The van der Waals surface area contributed by atoms with Gasteiger partial charge in [-0.25, -0.2) is 4.98 Å². The third-order valence-corrected chi connectivity index (χ3v) is 2.89. The van der Waals surface area contributed by atoms with Gasteiger partial charge in [0, 0.05) is 25.5 Å². The molecule has 1 heterocycles. The van der Waals surface area contributed by atoms with Crippen LogP contribution in [0.4, 0.5) is 5.82 Å². The van der Waals surface area contributed by atoms with Crippen LogP contribution in [0.3, 0.4) is 0 Å². The predicted molar refractivity (Wildman–Crippen MR) is 73.9 cm³/mol. The van der Waals surface area contributed by atoms with Gasteiger partial charge in [0.05, 0.1) is 6.61 Å². The number of hydrogen-bond donors (Lipinski definition) is 2. The van der Waals surface area contributed by atoms with E-state index in [1.807, 2.05) is 31.2 Å². The Kier molecular flexibility index (Phi) is 4.30. The highest BCUT2D eigenvalue weighted by atomic mass is 16.3. The van der Waals surface area contributed by atoms with Gasteiger partial charge in [0.15, 0.2) is 5.82 Å².